The first kappa shape index (κ1) is 6.09. The van der Waals surface area contributed by atoms with Crippen LogP contribution in [0.25, 0.3) is 0 Å². The van der Waals surface area contributed by atoms with Gasteiger partial charge in [-0.2, -0.15) is 0 Å². The zero-order valence-electron chi connectivity index (χ0n) is 5.56. The fourth-order valence-corrected chi connectivity index (χ4v) is 1.48. The van der Waals surface area contributed by atoms with Crippen molar-refractivity contribution >= 4 is 0 Å². The Labute approximate surface area is 51.3 Å². The molecule has 0 unspecified atom stereocenters. The highest BCUT2D eigenvalue weighted by Gasteiger charge is 2.17. The second kappa shape index (κ2) is 2.49. The number of hydrogen-bond donors (Lipinski definition) is 1. The summed E-state index contributed by atoms with van der Waals surface area (Å²) in [5.74, 6) is 0.843. The van der Waals surface area contributed by atoms with Gasteiger partial charge >= 0.3 is 0 Å². The first-order valence-electron chi connectivity index (χ1n) is 3.56. The van der Waals surface area contributed by atoms with Crippen LogP contribution in [0.4, 0.5) is 0 Å². The Hall–Kier alpha value is -0.0400. The summed E-state index contributed by atoms with van der Waals surface area (Å²) in [7, 11) is 0. The second-order valence-electron chi connectivity index (χ2n) is 2.90. The lowest BCUT2D eigenvalue weighted by molar-refractivity contribution is 0.458. The molecule has 1 nitrogen and oxygen atoms in total. The van der Waals surface area contributed by atoms with Crippen LogP contribution in [0.15, 0.2) is 0 Å². The average molecular weight is 113 g/mol. The molecule has 1 aliphatic carbocycles. The minimum absolute atomic E-state index is 0.442. The molecule has 0 saturated heterocycles. The Balaban J connectivity index is 2.24. The Kier molecular flexibility index (Phi) is 1.90. The molecule has 48 valence electrons. The van der Waals surface area contributed by atoms with Gasteiger partial charge in [0.05, 0.1) is 0 Å². The molecule has 8 heavy (non-hydrogen) atoms. The molecule has 0 aliphatic heterocycles. The first-order valence-corrected chi connectivity index (χ1v) is 3.56. The van der Waals surface area contributed by atoms with Crippen LogP contribution in [0, 0.1) is 5.92 Å². The maximum absolute atomic E-state index is 5.70. The van der Waals surface area contributed by atoms with E-state index in [0.29, 0.717) is 6.04 Å². The van der Waals surface area contributed by atoms with Crippen LogP contribution >= 0.6 is 0 Å². The van der Waals surface area contributed by atoms with Crippen LogP contribution in [0.2, 0.25) is 0 Å². The fourth-order valence-electron chi connectivity index (χ4n) is 1.48. The summed E-state index contributed by atoms with van der Waals surface area (Å²) in [6.07, 6.45) is 5.56. The summed E-state index contributed by atoms with van der Waals surface area (Å²) in [6, 6.07) is 0.442. The smallest absolute Gasteiger partial charge is 0.00387 e. The van der Waals surface area contributed by atoms with Crippen molar-refractivity contribution < 1.29 is 0 Å². The van der Waals surface area contributed by atoms with Gasteiger partial charge in [0.15, 0.2) is 0 Å². The summed E-state index contributed by atoms with van der Waals surface area (Å²) in [4.78, 5) is 0. The van der Waals surface area contributed by atoms with E-state index in [1.165, 1.54) is 25.7 Å². The summed E-state index contributed by atoms with van der Waals surface area (Å²) in [6.45, 7) is 2.12. The Morgan fingerprint density at radius 3 is 2.12 bits per heavy atom. The number of rotatable bonds is 1. The molecule has 1 heteroatoms. The van der Waals surface area contributed by atoms with Gasteiger partial charge < -0.3 is 5.73 Å². The number of hydrogen-bond acceptors (Lipinski definition) is 1. The van der Waals surface area contributed by atoms with Gasteiger partial charge in [0.25, 0.3) is 0 Å². The van der Waals surface area contributed by atoms with Gasteiger partial charge in [0.2, 0.25) is 0 Å². The Morgan fingerprint density at radius 1 is 1.38 bits per heavy atom. The molecule has 0 aromatic rings. The van der Waals surface area contributed by atoms with Crippen LogP contribution in [0.3, 0.4) is 0 Å². The highest BCUT2D eigenvalue weighted by molar-refractivity contribution is 4.73. The van der Waals surface area contributed by atoms with E-state index in [1.807, 2.05) is 0 Å². The molecular formula is C7H15N. The van der Waals surface area contributed by atoms with Gasteiger partial charge in [-0.15, -0.1) is 0 Å². The van der Waals surface area contributed by atoms with Gasteiger partial charge in [0, 0.05) is 6.04 Å². The third kappa shape index (κ3) is 1.22. The maximum atomic E-state index is 5.70. The number of nitrogens with two attached hydrogens (primary N) is 1. The van der Waals surface area contributed by atoms with Crippen molar-refractivity contribution in [1.29, 1.82) is 0 Å². The Bertz CT molecular complexity index is 62.8. The van der Waals surface area contributed by atoms with Crippen molar-refractivity contribution in [3.05, 3.63) is 0 Å². The van der Waals surface area contributed by atoms with Crippen LogP contribution in [-0.2, 0) is 0 Å². The SMILES string of the molecule is C[C@@H](N)C1CCCC1. The quantitative estimate of drug-likeness (QED) is 0.548. The molecule has 2 N–H and O–H groups in total. The average Bonchev–Trinajstić information content (AvgIpc) is 2.12. The van der Waals surface area contributed by atoms with Crippen molar-refractivity contribution in [2.24, 2.45) is 11.7 Å². The van der Waals surface area contributed by atoms with E-state index in [9.17, 15) is 0 Å². The van der Waals surface area contributed by atoms with Crippen LogP contribution in [0.1, 0.15) is 32.6 Å². The van der Waals surface area contributed by atoms with Gasteiger partial charge in [-0.25, -0.2) is 0 Å². The highest BCUT2D eigenvalue weighted by atomic mass is 14.6. The van der Waals surface area contributed by atoms with Gasteiger partial charge in [-0.3, -0.25) is 0 Å². The molecule has 0 radical (unpaired) electrons. The molecule has 1 rings (SSSR count). The van der Waals surface area contributed by atoms with Crippen molar-refractivity contribution in [1.82, 2.24) is 0 Å². The van der Waals surface area contributed by atoms with Gasteiger partial charge in [0.1, 0.15) is 0 Å². The molecule has 1 aliphatic rings. The van der Waals surface area contributed by atoms with E-state index in [-0.39, 0.29) is 0 Å². The molecule has 0 spiro atoms. The van der Waals surface area contributed by atoms with E-state index < -0.39 is 0 Å². The third-order valence-electron chi connectivity index (χ3n) is 2.14. The molecule has 0 bridgehead atoms. The lowest BCUT2D eigenvalue weighted by Gasteiger charge is -2.11. The van der Waals surface area contributed by atoms with Crippen molar-refractivity contribution in [3.8, 4) is 0 Å². The maximum Gasteiger partial charge on any atom is 0.00387 e. The summed E-state index contributed by atoms with van der Waals surface area (Å²) >= 11 is 0. The third-order valence-corrected chi connectivity index (χ3v) is 2.14. The monoisotopic (exact) mass is 113 g/mol. The fraction of sp³-hybridized carbons (Fsp3) is 1.00. The summed E-state index contributed by atoms with van der Waals surface area (Å²) in [5, 5.41) is 0. The molecule has 0 heterocycles. The molecule has 1 saturated carbocycles. The van der Waals surface area contributed by atoms with Gasteiger partial charge in [-0.05, 0) is 25.7 Å². The van der Waals surface area contributed by atoms with Crippen molar-refractivity contribution in [3.63, 3.8) is 0 Å². The van der Waals surface area contributed by atoms with Crippen LogP contribution in [0.5, 0.6) is 0 Å². The molecular weight excluding hydrogens is 98.1 g/mol. The molecule has 0 aromatic carbocycles. The highest BCUT2D eigenvalue weighted by Crippen LogP contribution is 2.26. The molecule has 1 fully saturated rings. The Morgan fingerprint density at radius 2 is 1.88 bits per heavy atom. The minimum atomic E-state index is 0.442. The largest absolute Gasteiger partial charge is 0.328 e. The predicted octanol–water partition coefficient (Wildman–Crippen LogP) is 1.52. The molecule has 0 aromatic heterocycles. The predicted molar refractivity (Wildman–Crippen MR) is 35.6 cm³/mol. The van der Waals surface area contributed by atoms with E-state index in [4.69, 9.17) is 5.73 Å². The summed E-state index contributed by atoms with van der Waals surface area (Å²) in [5.41, 5.74) is 5.70. The van der Waals surface area contributed by atoms with Crippen LogP contribution in [-0.4, -0.2) is 6.04 Å². The van der Waals surface area contributed by atoms with E-state index in [2.05, 4.69) is 6.92 Å². The van der Waals surface area contributed by atoms with E-state index >= 15 is 0 Å². The second-order valence-corrected chi connectivity index (χ2v) is 2.90. The lowest BCUT2D eigenvalue weighted by Crippen LogP contribution is -2.23. The zero-order chi connectivity index (χ0) is 5.98. The van der Waals surface area contributed by atoms with Crippen LogP contribution < -0.4 is 5.73 Å². The van der Waals surface area contributed by atoms with E-state index in [0.717, 1.165) is 5.92 Å². The zero-order valence-corrected chi connectivity index (χ0v) is 5.56. The first-order chi connectivity index (χ1) is 3.80. The van der Waals surface area contributed by atoms with Crippen molar-refractivity contribution in [2.75, 3.05) is 0 Å². The lowest BCUT2D eigenvalue weighted by atomic mass is 10.0. The summed E-state index contributed by atoms with van der Waals surface area (Å²) < 4.78 is 0. The molecule has 0 amide bonds. The van der Waals surface area contributed by atoms with E-state index in [1.54, 1.807) is 0 Å². The normalized spacial score (nSPS) is 26.2. The minimum Gasteiger partial charge on any atom is -0.328 e. The topological polar surface area (TPSA) is 26.0 Å². The molecule has 1 atom stereocenters. The van der Waals surface area contributed by atoms with Crippen molar-refractivity contribution in [2.45, 2.75) is 38.6 Å². The standard InChI is InChI=1S/C7H15N/c1-6(8)7-4-2-3-5-7/h6-7H,2-5,8H2,1H3/t6-/m1/s1. The van der Waals surface area contributed by atoms with Gasteiger partial charge in [-0.1, -0.05) is 12.8 Å².